The molecular formula is C65H41N. The normalized spacial score (nSPS) is 13.0. The van der Waals surface area contributed by atoms with E-state index in [0.29, 0.717) is 0 Å². The minimum Gasteiger partial charge on any atom is -0.310 e. The molecule has 0 saturated carbocycles. The van der Waals surface area contributed by atoms with Gasteiger partial charge in [-0.15, -0.1) is 0 Å². The molecule has 0 heterocycles. The van der Waals surface area contributed by atoms with Crippen molar-refractivity contribution in [3.63, 3.8) is 0 Å². The fourth-order valence-electron chi connectivity index (χ4n) is 11.7. The molecule has 0 atom stereocenters. The van der Waals surface area contributed by atoms with E-state index in [1.165, 1.54) is 110 Å². The van der Waals surface area contributed by atoms with E-state index in [1.807, 2.05) is 0 Å². The summed E-state index contributed by atoms with van der Waals surface area (Å²) in [5, 5.41) is 10.0. The lowest BCUT2D eigenvalue weighted by atomic mass is 9.70. The Kier molecular flexibility index (Phi) is 7.97. The standard InChI is InChI=1S/C65H41N/c1-2-14-42(15-3-1)43-28-32-48(33-29-43)66(50-35-37-55-53-18-5-4-16-51(53)52-17-6-7-19-54(52)60(55)41-50)49-34-30-45-38-44(26-27-46(45)39-49)47-31-36-59-58-22-10-13-25-63(58)65(64(59)40-47)61-23-11-8-20-56(61)57-21-9-12-24-62(57)65/h1-41H. The van der Waals surface area contributed by atoms with Gasteiger partial charge in [-0.05, 0) is 158 Å². The van der Waals surface area contributed by atoms with Gasteiger partial charge in [0, 0.05) is 17.1 Å². The first-order valence-electron chi connectivity index (χ1n) is 23.0. The number of hydrogen-bond acceptors (Lipinski definition) is 1. The van der Waals surface area contributed by atoms with Crippen LogP contribution < -0.4 is 4.90 Å². The van der Waals surface area contributed by atoms with Gasteiger partial charge in [-0.25, -0.2) is 0 Å². The Labute approximate surface area is 384 Å². The fourth-order valence-corrected chi connectivity index (χ4v) is 11.7. The van der Waals surface area contributed by atoms with E-state index in [1.54, 1.807) is 0 Å². The Morgan fingerprint density at radius 3 is 1.27 bits per heavy atom. The third kappa shape index (κ3) is 5.29. The maximum atomic E-state index is 2.48. The number of fused-ring (bicyclic) bond motifs is 17. The average Bonchev–Trinajstić information content (AvgIpc) is 3.86. The summed E-state index contributed by atoms with van der Waals surface area (Å²) < 4.78 is 0. The van der Waals surface area contributed by atoms with Gasteiger partial charge < -0.3 is 4.90 Å². The van der Waals surface area contributed by atoms with E-state index >= 15 is 0 Å². The van der Waals surface area contributed by atoms with Crippen LogP contribution in [0.15, 0.2) is 249 Å². The van der Waals surface area contributed by atoms with E-state index in [9.17, 15) is 0 Å². The third-order valence-electron chi connectivity index (χ3n) is 14.6. The first kappa shape index (κ1) is 36.9. The minimum atomic E-state index is -0.369. The van der Waals surface area contributed by atoms with Gasteiger partial charge in [0.1, 0.15) is 0 Å². The molecule has 12 aromatic carbocycles. The molecule has 0 aromatic heterocycles. The molecule has 0 bridgehead atoms. The fraction of sp³-hybridized carbons (Fsp3) is 0.0154. The summed E-state index contributed by atoms with van der Waals surface area (Å²) in [6.07, 6.45) is 0. The number of benzene rings is 12. The highest BCUT2D eigenvalue weighted by atomic mass is 15.1. The van der Waals surface area contributed by atoms with Crippen molar-refractivity contribution >= 4 is 60.2 Å². The molecule has 0 N–H and O–H groups in total. The van der Waals surface area contributed by atoms with Crippen molar-refractivity contribution in [3.05, 3.63) is 271 Å². The summed E-state index contributed by atoms with van der Waals surface area (Å²) in [6, 6.07) is 92.6. The summed E-state index contributed by atoms with van der Waals surface area (Å²) in [4.78, 5) is 2.42. The van der Waals surface area contributed by atoms with Gasteiger partial charge in [0.05, 0.1) is 5.41 Å². The predicted octanol–water partition coefficient (Wildman–Crippen LogP) is 17.4. The summed E-state index contributed by atoms with van der Waals surface area (Å²) in [6.45, 7) is 0. The van der Waals surface area contributed by atoms with E-state index in [2.05, 4.69) is 254 Å². The second kappa shape index (κ2) is 14.2. The Hall–Kier alpha value is -8.52. The molecule has 1 spiro atoms. The van der Waals surface area contributed by atoms with Gasteiger partial charge in [-0.3, -0.25) is 0 Å². The lowest BCUT2D eigenvalue weighted by molar-refractivity contribution is 0.794. The summed E-state index contributed by atoms with van der Waals surface area (Å²) in [5.74, 6) is 0. The zero-order chi connectivity index (χ0) is 43.3. The van der Waals surface area contributed by atoms with Crippen LogP contribution >= 0.6 is 0 Å². The number of nitrogens with zero attached hydrogens (tertiary/aromatic N) is 1. The molecular weight excluding hydrogens is 795 g/mol. The molecule has 0 radical (unpaired) electrons. The minimum absolute atomic E-state index is 0.369. The number of hydrogen-bond donors (Lipinski definition) is 0. The van der Waals surface area contributed by atoms with E-state index < -0.39 is 0 Å². The molecule has 0 saturated heterocycles. The highest BCUT2D eigenvalue weighted by molar-refractivity contribution is 6.25. The quantitative estimate of drug-likeness (QED) is 0.156. The van der Waals surface area contributed by atoms with Crippen molar-refractivity contribution < 1.29 is 0 Å². The molecule has 66 heavy (non-hydrogen) atoms. The molecule has 1 nitrogen and oxygen atoms in total. The van der Waals surface area contributed by atoms with Crippen molar-refractivity contribution in [2.75, 3.05) is 4.90 Å². The van der Waals surface area contributed by atoms with Gasteiger partial charge in [0.25, 0.3) is 0 Å². The van der Waals surface area contributed by atoms with Crippen LogP contribution in [0.4, 0.5) is 17.1 Å². The van der Waals surface area contributed by atoms with Gasteiger partial charge in [0.2, 0.25) is 0 Å². The average molecular weight is 836 g/mol. The highest BCUT2D eigenvalue weighted by Gasteiger charge is 2.51. The Morgan fingerprint density at radius 1 is 0.227 bits per heavy atom. The smallest absolute Gasteiger partial charge is 0.0725 e. The van der Waals surface area contributed by atoms with Crippen LogP contribution in [0.3, 0.4) is 0 Å². The van der Waals surface area contributed by atoms with E-state index in [0.717, 1.165) is 17.1 Å². The van der Waals surface area contributed by atoms with Gasteiger partial charge in [-0.1, -0.05) is 200 Å². The SMILES string of the molecule is c1ccc(-c2ccc(N(c3ccc4cc(-c5ccc6c(c5)C5(c7ccccc7-c7ccccc75)c5ccccc5-6)ccc4c3)c3ccc4c5ccccc5c5ccccc5c4c3)cc2)cc1. The second-order valence-corrected chi connectivity index (χ2v) is 18.0. The zero-order valence-electron chi connectivity index (χ0n) is 36.1. The topological polar surface area (TPSA) is 3.24 Å². The molecule has 2 aliphatic carbocycles. The Balaban J connectivity index is 0.906. The Bertz CT molecular complexity index is 3840. The van der Waals surface area contributed by atoms with Crippen LogP contribution in [0.1, 0.15) is 22.3 Å². The van der Waals surface area contributed by atoms with Gasteiger partial charge in [-0.2, -0.15) is 0 Å². The van der Waals surface area contributed by atoms with Gasteiger partial charge in [0.15, 0.2) is 0 Å². The van der Waals surface area contributed by atoms with Crippen molar-refractivity contribution in [1.29, 1.82) is 0 Å². The molecule has 0 aliphatic heterocycles. The predicted molar refractivity (Wildman–Crippen MR) is 278 cm³/mol. The maximum Gasteiger partial charge on any atom is 0.0725 e. The van der Waals surface area contributed by atoms with Crippen LogP contribution in [-0.4, -0.2) is 0 Å². The summed E-state index contributed by atoms with van der Waals surface area (Å²) in [7, 11) is 0. The highest BCUT2D eigenvalue weighted by Crippen LogP contribution is 2.63. The van der Waals surface area contributed by atoms with Crippen molar-refractivity contribution in [2.45, 2.75) is 5.41 Å². The van der Waals surface area contributed by atoms with Gasteiger partial charge >= 0.3 is 0 Å². The lowest BCUT2D eigenvalue weighted by Crippen LogP contribution is -2.25. The van der Waals surface area contributed by atoms with Crippen LogP contribution in [0.25, 0.3) is 87.6 Å². The van der Waals surface area contributed by atoms with Crippen molar-refractivity contribution in [3.8, 4) is 44.5 Å². The van der Waals surface area contributed by atoms with Crippen LogP contribution in [-0.2, 0) is 5.41 Å². The molecule has 0 unspecified atom stereocenters. The number of anilines is 3. The molecule has 14 rings (SSSR count). The van der Waals surface area contributed by atoms with Crippen LogP contribution in [0, 0.1) is 0 Å². The Morgan fingerprint density at radius 2 is 0.636 bits per heavy atom. The largest absolute Gasteiger partial charge is 0.310 e. The summed E-state index contributed by atoms with van der Waals surface area (Å²) in [5.41, 5.74) is 18.6. The molecule has 1 heteroatoms. The molecule has 0 fully saturated rings. The molecule has 0 amide bonds. The zero-order valence-corrected chi connectivity index (χ0v) is 36.1. The van der Waals surface area contributed by atoms with Crippen molar-refractivity contribution in [1.82, 2.24) is 0 Å². The van der Waals surface area contributed by atoms with E-state index in [4.69, 9.17) is 0 Å². The molecule has 12 aromatic rings. The molecule has 2 aliphatic rings. The van der Waals surface area contributed by atoms with Crippen LogP contribution in [0.2, 0.25) is 0 Å². The van der Waals surface area contributed by atoms with E-state index in [-0.39, 0.29) is 5.41 Å². The maximum absolute atomic E-state index is 2.48. The van der Waals surface area contributed by atoms with Crippen molar-refractivity contribution in [2.24, 2.45) is 0 Å². The lowest BCUT2D eigenvalue weighted by Gasteiger charge is -2.30. The first-order valence-corrected chi connectivity index (χ1v) is 23.0. The molecule has 306 valence electrons. The number of rotatable bonds is 5. The van der Waals surface area contributed by atoms with Crippen LogP contribution in [0.5, 0.6) is 0 Å². The summed E-state index contributed by atoms with van der Waals surface area (Å²) >= 11 is 0. The monoisotopic (exact) mass is 835 g/mol. The third-order valence-corrected chi connectivity index (χ3v) is 14.6. The first-order chi connectivity index (χ1) is 32.7. The second-order valence-electron chi connectivity index (χ2n) is 18.0.